The van der Waals surface area contributed by atoms with Crippen molar-refractivity contribution >= 4 is 15.7 Å². The van der Waals surface area contributed by atoms with Crippen LogP contribution in [0.1, 0.15) is 12.6 Å². The van der Waals surface area contributed by atoms with Gasteiger partial charge in [-0.3, -0.25) is 4.90 Å². The summed E-state index contributed by atoms with van der Waals surface area (Å²) in [7, 11) is -2.57. The molecule has 1 aliphatic rings. The average Bonchev–Trinajstić information content (AvgIpc) is 3.39. The number of halogens is 2. The number of ether oxygens (including phenoxy) is 2. The number of pyridine rings is 1. The number of hydrogen-bond acceptors (Lipinski definition) is 6. The van der Waals surface area contributed by atoms with Gasteiger partial charge in [-0.25, -0.2) is 22.2 Å². The lowest BCUT2D eigenvalue weighted by Crippen LogP contribution is -2.48. The maximum atomic E-state index is 13.8. The second-order valence-corrected chi connectivity index (χ2v) is 12.4. The number of rotatable bonds is 9. The highest BCUT2D eigenvalue weighted by molar-refractivity contribution is 7.89. The van der Waals surface area contributed by atoms with Gasteiger partial charge in [0.05, 0.1) is 25.1 Å². The summed E-state index contributed by atoms with van der Waals surface area (Å²) in [4.78, 5) is 7.03. The highest BCUT2D eigenvalue weighted by Gasteiger charge is 2.31. The SMILES string of the molecule is CCOc1cccc(-c2ccc3nc(-c4ccc(F)cc4)c(CN4CCN(S(=O)(=O)c5ccc(F)cc5OC)CC4)n3c2)c1. The molecule has 228 valence electrons. The molecule has 1 fully saturated rings. The number of sulfonamides is 1. The Labute approximate surface area is 255 Å². The van der Waals surface area contributed by atoms with E-state index in [1.54, 1.807) is 12.1 Å². The first kappa shape index (κ1) is 29.7. The molecule has 0 N–H and O–H groups in total. The highest BCUT2D eigenvalue weighted by Crippen LogP contribution is 2.31. The summed E-state index contributed by atoms with van der Waals surface area (Å²) < 4.78 is 68.7. The zero-order valence-corrected chi connectivity index (χ0v) is 25.2. The van der Waals surface area contributed by atoms with Gasteiger partial charge in [-0.05, 0) is 78.7 Å². The van der Waals surface area contributed by atoms with Crippen LogP contribution >= 0.6 is 0 Å². The monoisotopic (exact) mass is 618 g/mol. The molecule has 0 atom stereocenters. The Kier molecular flexibility index (Phi) is 8.35. The number of benzene rings is 3. The van der Waals surface area contributed by atoms with E-state index in [4.69, 9.17) is 14.5 Å². The maximum absolute atomic E-state index is 13.8. The van der Waals surface area contributed by atoms with Gasteiger partial charge < -0.3 is 13.9 Å². The first-order valence-corrected chi connectivity index (χ1v) is 15.8. The first-order chi connectivity index (χ1) is 21.3. The van der Waals surface area contributed by atoms with Crippen molar-refractivity contribution in [2.24, 2.45) is 0 Å². The number of imidazole rings is 1. The quantitative estimate of drug-likeness (QED) is 0.206. The summed E-state index contributed by atoms with van der Waals surface area (Å²) in [5.41, 5.74) is 5.15. The Morgan fingerprint density at radius 2 is 1.57 bits per heavy atom. The van der Waals surface area contributed by atoms with Crippen LogP contribution in [0.25, 0.3) is 28.0 Å². The van der Waals surface area contributed by atoms with Crippen molar-refractivity contribution in [3.63, 3.8) is 0 Å². The lowest BCUT2D eigenvalue weighted by Gasteiger charge is -2.34. The molecule has 0 amide bonds. The number of hydrogen-bond donors (Lipinski definition) is 0. The fraction of sp³-hybridized carbons (Fsp3) is 0.242. The molecule has 44 heavy (non-hydrogen) atoms. The smallest absolute Gasteiger partial charge is 0.246 e. The minimum Gasteiger partial charge on any atom is -0.495 e. The minimum absolute atomic E-state index is 0.0234. The van der Waals surface area contributed by atoms with E-state index in [-0.39, 0.29) is 29.6 Å². The minimum atomic E-state index is -3.89. The van der Waals surface area contributed by atoms with E-state index in [9.17, 15) is 17.2 Å². The Bertz CT molecular complexity index is 1900. The molecule has 3 heterocycles. The van der Waals surface area contributed by atoms with Gasteiger partial charge in [0.1, 0.15) is 33.7 Å². The predicted octanol–water partition coefficient (Wildman–Crippen LogP) is 5.86. The molecule has 5 aromatic rings. The fourth-order valence-corrected chi connectivity index (χ4v) is 7.08. The molecule has 0 saturated carbocycles. The molecule has 8 nitrogen and oxygen atoms in total. The number of aromatic nitrogens is 2. The Hall–Kier alpha value is -4.32. The standard InChI is InChI=1S/C33H32F2N4O4S/c1-3-43-28-6-4-5-24(19-28)25-9-14-32-36-33(23-7-10-26(34)11-8-23)29(39(32)21-25)22-37-15-17-38(18-16-37)44(40,41)31-13-12-27(35)20-30(31)42-2/h4-14,19-21H,3,15-18,22H2,1-2H3. The van der Waals surface area contributed by atoms with Crippen LogP contribution in [-0.4, -0.2) is 66.9 Å². The number of piperazine rings is 1. The van der Waals surface area contributed by atoms with Crippen molar-refractivity contribution in [2.45, 2.75) is 18.4 Å². The predicted molar refractivity (Wildman–Crippen MR) is 164 cm³/mol. The molecule has 0 radical (unpaired) electrons. The van der Waals surface area contributed by atoms with E-state index >= 15 is 0 Å². The third kappa shape index (κ3) is 5.90. The van der Waals surface area contributed by atoms with Crippen molar-refractivity contribution in [3.8, 4) is 33.9 Å². The first-order valence-electron chi connectivity index (χ1n) is 14.3. The summed E-state index contributed by atoms with van der Waals surface area (Å²) in [6.07, 6.45) is 2.04. The molecule has 2 aromatic heterocycles. The molecular weight excluding hydrogens is 586 g/mol. The number of methoxy groups -OCH3 is 1. The summed E-state index contributed by atoms with van der Waals surface area (Å²) in [6, 6.07) is 21.6. The Morgan fingerprint density at radius 3 is 2.30 bits per heavy atom. The third-order valence-corrected chi connectivity index (χ3v) is 9.70. The summed E-state index contributed by atoms with van der Waals surface area (Å²) >= 11 is 0. The van der Waals surface area contributed by atoms with Crippen molar-refractivity contribution in [1.29, 1.82) is 0 Å². The zero-order valence-electron chi connectivity index (χ0n) is 24.4. The average molecular weight is 619 g/mol. The van der Waals surface area contributed by atoms with Gasteiger partial charge in [-0.15, -0.1) is 0 Å². The number of fused-ring (bicyclic) bond motifs is 1. The van der Waals surface area contributed by atoms with Gasteiger partial charge in [0.15, 0.2) is 0 Å². The summed E-state index contributed by atoms with van der Waals surface area (Å²) in [5.74, 6) is -0.134. The molecular formula is C33H32F2N4O4S. The summed E-state index contributed by atoms with van der Waals surface area (Å²) in [6.45, 7) is 4.44. The van der Waals surface area contributed by atoms with Gasteiger partial charge in [0.2, 0.25) is 10.0 Å². The van der Waals surface area contributed by atoms with Gasteiger partial charge in [-0.2, -0.15) is 4.31 Å². The molecule has 0 spiro atoms. The lowest BCUT2D eigenvalue weighted by molar-refractivity contribution is 0.179. The molecule has 1 aliphatic heterocycles. The fourth-order valence-electron chi connectivity index (χ4n) is 5.52. The van der Waals surface area contributed by atoms with Crippen LogP contribution in [-0.2, 0) is 16.6 Å². The molecule has 6 rings (SSSR count). The van der Waals surface area contributed by atoms with Crippen molar-refractivity contribution in [2.75, 3.05) is 39.9 Å². The topological polar surface area (TPSA) is 76.4 Å². The van der Waals surface area contributed by atoms with Gasteiger partial charge in [0.25, 0.3) is 0 Å². The summed E-state index contributed by atoms with van der Waals surface area (Å²) in [5, 5.41) is 0. The molecule has 0 unspecified atom stereocenters. The van der Waals surface area contributed by atoms with Gasteiger partial charge in [-0.1, -0.05) is 12.1 Å². The van der Waals surface area contributed by atoms with E-state index in [1.807, 2.05) is 53.9 Å². The van der Waals surface area contributed by atoms with E-state index in [0.29, 0.717) is 26.2 Å². The van der Waals surface area contributed by atoms with Crippen LogP contribution in [0.15, 0.2) is 90.0 Å². The second-order valence-electron chi connectivity index (χ2n) is 10.5. The molecule has 11 heteroatoms. The Morgan fingerprint density at radius 1 is 0.841 bits per heavy atom. The van der Waals surface area contributed by atoms with E-state index in [2.05, 4.69) is 4.90 Å². The van der Waals surface area contributed by atoms with Crippen LogP contribution in [0.2, 0.25) is 0 Å². The lowest BCUT2D eigenvalue weighted by atomic mass is 10.1. The van der Waals surface area contributed by atoms with Crippen molar-refractivity contribution < 1.29 is 26.7 Å². The normalized spacial score (nSPS) is 14.6. The van der Waals surface area contributed by atoms with E-state index in [1.165, 1.54) is 29.6 Å². The van der Waals surface area contributed by atoms with E-state index in [0.717, 1.165) is 51.6 Å². The highest BCUT2D eigenvalue weighted by atomic mass is 32.2. The van der Waals surface area contributed by atoms with E-state index < -0.39 is 15.8 Å². The van der Waals surface area contributed by atoms with Crippen LogP contribution in [0.3, 0.4) is 0 Å². The maximum Gasteiger partial charge on any atom is 0.246 e. The van der Waals surface area contributed by atoms with Crippen LogP contribution in [0.5, 0.6) is 11.5 Å². The largest absolute Gasteiger partial charge is 0.495 e. The van der Waals surface area contributed by atoms with Crippen LogP contribution < -0.4 is 9.47 Å². The van der Waals surface area contributed by atoms with Crippen molar-refractivity contribution in [3.05, 3.63) is 102 Å². The second kappa shape index (κ2) is 12.4. The van der Waals surface area contributed by atoms with Gasteiger partial charge in [0, 0.05) is 50.6 Å². The molecule has 1 saturated heterocycles. The van der Waals surface area contributed by atoms with Crippen molar-refractivity contribution in [1.82, 2.24) is 18.6 Å². The number of nitrogens with zero attached hydrogens (tertiary/aromatic N) is 4. The van der Waals surface area contributed by atoms with Crippen LogP contribution in [0.4, 0.5) is 8.78 Å². The third-order valence-electron chi connectivity index (χ3n) is 7.76. The Balaban J connectivity index is 1.31. The molecule has 0 bridgehead atoms. The molecule has 0 aliphatic carbocycles. The van der Waals surface area contributed by atoms with Crippen LogP contribution in [0, 0.1) is 11.6 Å². The molecule has 3 aromatic carbocycles. The van der Waals surface area contributed by atoms with Gasteiger partial charge >= 0.3 is 0 Å². The zero-order chi connectivity index (χ0) is 30.8.